The molecule has 0 atom stereocenters. The quantitative estimate of drug-likeness (QED) is 0.718. The Morgan fingerprint density at radius 2 is 1.81 bits per heavy atom. The van der Waals surface area contributed by atoms with E-state index >= 15 is 0 Å². The van der Waals surface area contributed by atoms with E-state index in [0.29, 0.717) is 22.5 Å². The average Bonchev–Trinajstić information content (AvgIpc) is 2.56. The van der Waals surface area contributed by atoms with E-state index in [0.717, 1.165) is 11.1 Å². The van der Waals surface area contributed by atoms with Gasteiger partial charge >= 0.3 is 5.97 Å². The summed E-state index contributed by atoms with van der Waals surface area (Å²) >= 11 is 0. The average molecular weight is 354 g/mol. The van der Waals surface area contributed by atoms with Gasteiger partial charge in [-0.15, -0.1) is 0 Å². The molecule has 0 aliphatic heterocycles. The number of carboxylic acid groups (broad SMARTS) is 1. The van der Waals surface area contributed by atoms with Crippen LogP contribution in [0.3, 0.4) is 0 Å². The van der Waals surface area contributed by atoms with Crippen molar-refractivity contribution in [1.29, 1.82) is 0 Å². The summed E-state index contributed by atoms with van der Waals surface area (Å²) in [5, 5.41) is 8.99. The summed E-state index contributed by atoms with van der Waals surface area (Å²) in [5.74, 6) is 0.167. The number of carbonyl (C=O) groups is 1. The lowest BCUT2D eigenvalue weighted by molar-refractivity contribution is -0.137. The highest BCUT2D eigenvalue weighted by molar-refractivity contribution is 5.79. The number of aliphatic carboxylic acids is 1. The fourth-order valence-corrected chi connectivity index (χ4v) is 2.63. The molecular weight excluding hydrogens is 336 g/mol. The third kappa shape index (κ3) is 4.03. The summed E-state index contributed by atoms with van der Waals surface area (Å²) in [6, 6.07) is 10.4. The van der Waals surface area contributed by atoms with Crippen molar-refractivity contribution in [3.8, 4) is 17.2 Å². The number of ether oxygens (including phenoxy) is 2. The number of hydrogen-bond acceptors (Lipinski definition) is 5. The van der Waals surface area contributed by atoms with Crippen LogP contribution >= 0.6 is 0 Å². The maximum atomic E-state index is 12.6. The van der Waals surface area contributed by atoms with Crippen LogP contribution in [0.25, 0.3) is 11.0 Å². The lowest BCUT2D eigenvalue weighted by Crippen LogP contribution is -2.06. The summed E-state index contributed by atoms with van der Waals surface area (Å²) in [5.41, 5.74) is 2.12. The third-order valence-corrected chi connectivity index (χ3v) is 3.72. The molecular formula is C20H18O6. The van der Waals surface area contributed by atoms with Crippen molar-refractivity contribution in [3.05, 3.63) is 64.0 Å². The first kappa shape index (κ1) is 17.5. The number of fused-ring (bicyclic) bond motifs is 1. The Balaban J connectivity index is 1.86. The van der Waals surface area contributed by atoms with Gasteiger partial charge in [-0.1, -0.05) is 6.07 Å². The van der Waals surface area contributed by atoms with E-state index in [1.807, 2.05) is 32.0 Å². The molecule has 3 aromatic rings. The van der Waals surface area contributed by atoms with Crippen molar-refractivity contribution in [2.24, 2.45) is 0 Å². The van der Waals surface area contributed by atoms with Crippen molar-refractivity contribution < 1.29 is 23.8 Å². The molecule has 1 heterocycles. The third-order valence-electron chi connectivity index (χ3n) is 3.72. The van der Waals surface area contributed by atoms with Crippen molar-refractivity contribution >= 4 is 16.9 Å². The molecule has 0 amide bonds. The van der Waals surface area contributed by atoms with Crippen molar-refractivity contribution in [1.82, 2.24) is 0 Å². The topological polar surface area (TPSA) is 86.0 Å². The first-order chi connectivity index (χ1) is 12.4. The predicted octanol–water partition coefficient (Wildman–Crippen LogP) is 4.06. The van der Waals surface area contributed by atoms with E-state index in [1.165, 1.54) is 6.26 Å². The molecule has 6 heteroatoms. The Bertz CT molecular complexity index is 998. The van der Waals surface area contributed by atoms with Crippen LogP contribution in [0.2, 0.25) is 0 Å². The molecule has 1 aromatic heterocycles. The molecule has 0 unspecified atom stereocenters. The molecule has 1 N–H and O–H groups in total. The maximum Gasteiger partial charge on any atom is 0.306 e. The number of benzene rings is 2. The largest absolute Gasteiger partial charge is 0.493 e. The summed E-state index contributed by atoms with van der Waals surface area (Å²) < 4.78 is 16.5. The summed E-state index contributed by atoms with van der Waals surface area (Å²) in [4.78, 5) is 23.1. The fourth-order valence-electron chi connectivity index (χ4n) is 2.63. The Kier molecular flexibility index (Phi) is 4.93. The Labute approximate surface area is 149 Å². The van der Waals surface area contributed by atoms with Crippen LogP contribution in [0, 0.1) is 13.8 Å². The van der Waals surface area contributed by atoms with Gasteiger partial charge in [-0.3, -0.25) is 9.59 Å². The molecule has 0 radical (unpaired) electrons. The zero-order valence-corrected chi connectivity index (χ0v) is 14.4. The van der Waals surface area contributed by atoms with Crippen LogP contribution in [0.1, 0.15) is 17.5 Å². The minimum absolute atomic E-state index is 0.0407. The SMILES string of the molecule is Cc1cc(C)cc(Oc2coc3cc(OCCC(=O)O)ccc3c2=O)c1. The second-order valence-corrected chi connectivity index (χ2v) is 6.00. The van der Waals surface area contributed by atoms with E-state index < -0.39 is 5.97 Å². The second-order valence-electron chi connectivity index (χ2n) is 6.00. The fraction of sp³-hybridized carbons (Fsp3) is 0.200. The van der Waals surface area contributed by atoms with Gasteiger partial charge in [-0.25, -0.2) is 0 Å². The lowest BCUT2D eigenvalue weighted by atomic mass is 10.1. The molecule has 0 fully saturated rings. The van der Waals surface area contributed by atoms with Crippen LogP contribution < -0.4 is 14.9 Å². The molecule has 0 bridgehead atoms. The number of rotatable bonds is 6. The van der Waals surface area contributed by atoms with E-state index in [-0.39, 0.29) is 24.2 Å². The molecule has 6 nitrogen and oxygen atoms in total. The monoisotopic (exact) mass is 354 g/mol. The molecule has 0 aliphatic rings. The number of hydrogen-bond donors (Lipinski definition) is 1. The zero-order chi connectivity index (χ0) is 18.7. The van der Waals surface area contributed by atoms with Crippen molar-refractivity contribution in [3.63, 3.8) is 0 Å². The first-order valence-corrected chi connectivity index (χ1v) is 8.09. The van der Waals surface area contributed by atoms with Crippen LogP contribution in [0.4, 0.5) is 0 Å². The highest BCUT2D eigenvalue weighted by Gasteiger charge is 2.11. The van der Waals surface area contributed by atoms with Crippen LogP contribution in [0.15, 0.2) is 51.9 Å². The summed E-state index contributed by atoms with van der Waals surface area (Å²) in [6.07, 6.45) is 1.16. The Hall–Kier alpha value is -3.28. The molecule has 0 spiro atoms. The van der Waals surface area contributed by atoms with Gasteiger partial charge in [0.05, 0.1) is 18.4 Å². The van der Waals surface area contributed by atoms with Gasteiger partial charge in [0.25, 0.3) is 0 Å². The van der Waals surface area contributed by atoms with E-state index in [4.69, 9.17) is 19.0 Å². The smallest absolute Gasteiger partial charge is 0.306 e. The predicted molar refractivity (Wildman–Crippen MR) is 96.2 cm³/mol. The number of aryl methyl sites for hydroxylation is 2. The van der Waals surface area contributed by atoms with Gasteiger partial charge in [-0.2, -0.15) is 0 Å². The molecule has 0 saturated heterocycles. The standard InChI is InChI=1S/C20H18O6/c1-12-7-13(2)9-15(8-12)26-18-11-25-17-10-14(24-6-5-19(21)22)3-4-16(17)20(18)23/h3-4,7-11H,5-6H2,1-2H3,(H,21,22). The highest BCUT2D eigenvalue weighted by atomic mass is 16.5. The van der Waals surface area contributed by atoms with E-state index in [9.17, 15) is 9.59 Å². The molecule has 26 heavy (non-hydrogen) atoms. The van der Waals surface area contributed by atoms with Crippen LogP contribution in [-0.2, 0) is 4.79 Å². The van der Waals surface area contributed by atoms with Crippen molar-refractivity contribution in [2.75, 3.05) is 6.61 Å². The van der Waals surface area contributed by atoms with E-state index in [2.05, 4.69) is 0 Å². The molecule has 2 aromatic carbocycles. The van der Waals surface area contributed by atoms with Crippen molar-refractivity contribution in [2.45, 2.75) is 20.3 Å². The normalized spacial score (nSPS) is 10.7. The van der Waals surface area contributed by atoms with Crippen LogP contribution in [0.5, 0.6) is 17.2 Å². The molecule has 0 aliphatic carbocycles. The number of carboxylic acids is 1. The first-order valence-electron chi connectivity index (χ1n) is 8.09. The van der Waals surface area contributed by atoms with Gasteiger partial charge in [0, 0.05) is 6.07 Å². The van der Waals surface area contributed by atoms with Gasteiger partial charge in [0.1, 0.15) is 23.3 Å². The van der Waals surface area contributed by atoms with Gasteiger partial charge in [0.15, 0.2) is 0 Å². The zero-order valence-electron chi connectivity index (χ0n) is 14.4. The molecule has 134 valence electrons. The van der Waals surface area contributed by atoms with Gasteiger partial charge in [0.2, 0.25) is 11.2 Å². The maximum absolute atomic E-state index is 12.6. The summed E-state index contributed by atoms with van der Waals surface area (Å²) in [6.45, 7) is 3.95. The minimum Gasteiger partial charge on any atom is -0.493 e. The lowest BCUT2D eigenvalue weighted by Gasteiger charge is -2.08. The molecule has 0 saturated carbocycles. The van der Waals surface area contributed by atoms with Gasteiger partial charge < -0.3 is 19.0 Å². The van der Waals surface area contributed by atoms with E-state index in [1.54, 1.807) is 18.2 Å². The second kappa shape index (κ2) is 7.31. The Morgan fingerprint density at radius 1 is 1.08 bits per heavy atom. The summed E-state index contributed by atoms with van der Waals surface area (Å²) in [7, 11) is 0. The van der Waals surface area contributed by atoms with Gasteiger partial charge in [-0.05, 0) is 49.2 Å². The highest BCUT2D eigenvalue weighted by Crippen LogP contribution is 2.25. The van der Waals surface area contributed by atoms with Crippen LogP contribution in [-0.4, -0.2) is 17.7 Å². The molecule has 3 rings (SSSR count). The minimum atomic E-state index is -0.939. The Morgan fingerprint density at radius 3 is 2.50 bits per heavy atom.